The van der Waals surface area contributed by atoms with Gasteiger partial charge in [-0.15, -0.1) is 0 Å². The molecule has 5 N–H and O–H groups in total. The van der Waals surface area contributed by atoms with Crippen LogP contribution in [0.2, 0.25) is 5.02 Å². The van der Waals surface area contributed by atoms with E-state index in [1.807, 2.05) is 12.1 Å². The number of aromatic amines is 1. The van der Waals surface area contributed by atoms with Crippen LogP contribution in [0.5, 0.6) is 0 Å². The van der Waals surface area contributed by atoms with Crippen LogP contribution in [0.25, 0.3) is 11.0 Å². The average Bonchev–Trinajstić information content (AvgIpc) is 2.77. The second-order valence-electron chi connectivity index (χ2n) is 3.96. The number of aromatic nitrogens is 5. The second-order valence-corrected chi connectivity index (χ2v) is 5.36. The second kappa shape index (κ2) is 5.14. The number of hydrogen-bond acceptors (Lipinski definition) is 7. The summed E-state index contributed by atoms with van der Waals surface area (Å²) in [5.41, 5.74) is 12.8. The standard InChI is InChI=1S/C11H10ClN7S/c12-5-1-2-6-7(3-5)16-11(15-6)20-4-8-17-9(13)19-10(14)18-8/h1-3H,4H2,(H,15,16)(H4,13,14,17,18,19). The van der Waals surface area contributed by atoms with Gasteiger partial charge < -0.3 is 16.5 Å². The highest BCUT2D eigenvalue weighted by molar-refractivity contribution is 7.98. The number of nitrogens with one attached hydrogen (secondary N) is 1. The van der Waals surface area contributed by atoms with Crippen LogP contribution in [-0.4, -0.2) is 24.9 Å². The van der Waals surface area contributed by atoms with Crippen molar-refractivity contribution in [2.75, 3.05) is 11.5 Å². The first-order valence-corrected chi connectivity index (χ1v) is 7.00. The minimum atomic E-state index is 0.115. The van der Waals surface area contributed by atoms with Crippen LogP contribution in [0.1, 0.15) is 5.82 Å². The molecule has 0 saturated carbocycles. The molecule has 20 heavy (non-hydrogen) atoms. The number of H-pyrrole nitrogens is 1. The predicted octanol–water partition coefficient (Wildman–Crippen LogP) is 1.86. The van der Waals surface area contributed by atoms with Crippen molar-refractivity contribution in [1.29, 1.82) is 0 Å². The number of rotatable bonds is 3. The van der Waals surface area contributed by atoms with E-state index in [0.717, 1.165) is 16.2 Å². The van der Waals surface area contributed by atoms with Crippen molar-refractivity contribution in [3.63, 3.8) is 0 Å². The number of benzene rings is 1. The Hall–Kier alpha value is -2.06. The Balaban J connectivity index is 1.79. The molecule has 0 atom stereocenters. The molecule has 7 nitrogen and oxygen atoms in total. The molecule has 0 aliphatic heterocycles. The molecule has 0 saturated heterocycles. The van der Waals surface area contributed by atoms with Gasteiger partial charge in [-0.3, -0.25) is 0 Å². The lowest BCUT2D eigenvalue weighted by molar-refractivity contribution is 0.981. The quantitative estimate of drug-likeness (QED) is 0.632. The maximum absolute atomic E-state index is 5.93. The van der Waals surface area contributed by atoms with Crippen molar-refractivity contribution in [3.05, 3.63) is 29.0 Å². The maximum Gasteiger partial charge on any atom is 0.225 e. The van der Waals surface area contributed by atoms with Crippen molar-refractivity contribution >= 4 is 46.3 Å². The Labute approximate surface area is 123 Å². The summed E-state index contributed by atoms with van der Waals surface area (Å²) in [6.07, 6.45) is 0. The maximum atomic E-state index is 5.93. The molecule has 0 fully saturated rings. The number of thioether (sulfide) groups is 1. The van der Waals surface area contributed by atoms with Crippen LogP contribution < -0.4 is 11.5 Å². The highest BCUT2D eigenvalue weighted by atomic mass is 35.5. The summed E-state index contributed by atoms with van der Waals surface area (Å²) in [7, 11) is 0. The van der Waals surface area contributed by atoms with Crippen molar-refractivity contribution in [2.45, 2.75) is 10.9 Å². The lowest BCUT2D eigenvalue weighted by Gasteiger charge is -2.00. The monoisotopic (exact) mass is 307 g/mol. The minimum Gasteiger partial charge on any atom is -0.368 e. The first-order valence-electron chi connectivity index (χ1n) is 5.64. The zero-order chi connectivity index (χ0) is 14.1. The smallest absolute Gasteiger partial charge is 0.225 e. The number of anilines is 2. The summed E-state index contributed by atoms with van der Waals surface area (Å²) < 4.78 is 0. The van der Waals surface area contributed by atoms with Crippen LogP contribution in [0.3, 0.4) is 0 Å². The lowest BCUT2D eigenvalue weighted by atomic mass is 10.3. The third kappa shape index (κ3) is 2.75. The number of hydrogen-bond donors (Lipinski definition) is 3. The van der Waals surface area contributed by atoms with Gasteiger partial charge in [0.2, 0.25) is 11.9 Å². The van der Waals surface area contributed by atoms with Gasteiger partial charge in [0.15, 0.2) is 5.16 Å². The summed E-state index contributed by atoms with van der Waals surface area (Å²) in [5, 5.41) is 1.41. The Bertz CT molecular complexity index is 752. The van der Waals surface area contributed by atoms with Crippen molar-refractivity contribution < 1.29 is 0 Å². The lowest BCUT2D eigenvalue weighted by Crippen LogP contribution is -2.05. The van der Waals surface area contributed by atoms with Crippen LogP contribution in [0.15, 0.2) is 23.4 Å². The van der Waals surface area contributed by atoms with Gasteiger partial charge in [-0.2, -0.15) is 15.0 Å². The van der Waals surface area contributed by atoms with Crippen LogP contribution in [0.4, 0.5) is 11.9 Å². The molecule has 0 unspecified atom stereocenters. The van der Waals surface area contributed by atoms with E-state index in [2.05, 4.69) is 24.9 Å². The van der Waals surface area contributed by atoms with E-state index in [-0.39, 0.29) is 11.9 Å². The number of nitrogen functional groups attached to an aromatic ring is 2. The van der Waals surface area contributed by atoms with E-state index in [1.165, 1.54) is 11.8 Å². The van der Waals surface area contributed by atoms with Crippen LogP contribution >= 0.6 is 23.4 Å². The van der Waals surface area contributed by atoms with Gasteiger partial charge in [0, 0.05) is 5.02 Å². The first kappa shape index (κ1) is 12.9. The highest BCUT2D eigenvalue weighted by Crippen LogP contribution is 2.24. The SMILES string of the molecule is Nc1nc(N)nc(CSc2nc3ccc(Cl)cc3[nH]2)n1. The van der Waals surface area contributed by atoms with Gasteiger partial charge in [-0.05, 0) is 18.2 Å². The van der Waals surface area contributed by atoms with Crippen molar-refractivity contribution in [1.82, 2.24) is 24.9 Å². The predicted molar refractivity (Wildman–Crippen MR) is 79.3 cm³/mol. The van der Waals surface area contributed by atoms with Crippen molar-refractivity contribution in [2.24, 2.45) is 0 Å². The van der Waals surface area contributed by atoms with E-state index in [9.17, 15) is 0 Å². The van der Waals surface area contributed by atoms with Gasteiger partial charge in [0.1, 0.15) is 5.82 Å². The minimum absolute atomic E-state index is 0.115. The molecule has 0 aliphatic carbocycles. The van der Waals surface area contributed by atoms with Gasteiger partial charge in [-0.1, -0.05) is 23.4 Å². The number of halogens is 1. The molecule has 3 aromatic rings. The zero-order valence-corrected chi connectivity index (χ0v) is 11.7. The third-order valence-corrected chi connectivity index (χ3v) is 3.58. The fourth-order valence-electron chi connectivity index (χ4n) is 1.68. The van der Waals surface area contributed by atoms with Crippen LogP contribution in [0, 0.1) is 0 Å². The van der Waals surface area contributed by atoms with E-state index >= 15 is 0 Å². The topological polar surface area (TPSA) is 119 Å². The summed E-state index contributed by atoms with van der Waals surface area (Å²) in [4.78, 5) is 19.3. The molecule has 0 bridgehead atoms. The molecule has 2 aromatic heterocycles. The number of imidazole rings is 1. The molecule has 3 rings (SSSR count). The van der Waals surface area contributed by atoms with Gasteiger partial charge in [0.25, 0.3) is 0 Å². The number of nitrogens with zero attached hydrogens (tertiary/aromatic N) is 4. The normalized spacial score (nSPS) is 11.1. The average molecular weight is 308 g/mol. The molecule has 9 heteroatoms. The van der Waals surface area contributed by atoms with Gasteiger partial charge >= 0.3 is 0 Å². The zero-order valence-electron chi connectivity index (χ0n) is 10.2. The van der Waals surface area contributed by atoms with E-state index in [4.69, 9.17) is 23.1 Å². The molecule has 2 heterocycles. The summed E-state index contributed by atoms with van der Waals surface area (Å²) >= 11 is 7.38. The molecule has 1 aromatic carbocycles. The largest absolute Gasteiger partial charge is 0.368 e. The van der Waals surface area contributed by atoms with Gasteiger partial charge in [-0.25, -0.2) is 4.98 Å². The number of nitrogens with two attached hydrogens (primary N) is 2. The van der Waals surface area contributed by atoms with E-state index < -0.39 is 0 Å². The summed E-state index contributed by atoms with van der Waals surface area (Å²) in [6.45, 7) is 0. The molecule has 0 radical (unpaired) electrons. The Morgan fingerprint density at radius 3 is 2.60 bits per heavy atom. The van der Waals surface area contributed by atoms with E-state index in [0.29, 0.717) is 16.6 Å². The Kier molecular flexibility index (Phi) is 3.33. The Morgan fingerprint density at radius 2 is 1.85 bits per heavy atom. The molecule has 0 aliphatic rings. The fourth-order valence-corrected chi connectivity index (χ4v) is 2.59. The highest BCUT2D eigenvalue weighted by Gasteiger charge is 2.07. The molecule has 0 spiro atoms. The molecular weight excluding hydrogens is 298 g/mol. The number of fused-ring (bicyclic) bond motifs is 1. The van der Waals surface area contributed by atoms with E-state index in [1.54, 1.807) is 6.07 Å². The van der Waals surface area contributed by atoms with Crippen LogP contribution in [-0.2, 0) is 5.75 Å². The fraction of sp³-hybridized carbons (Fsp3) is 0.0909. The molecule has 0 amide bonds. The van der Waals surface area contributed by atoms with Gasteiger partial charge in [0.05, 0.1) is 16.8 Å². The summed E-state index contributed by atoms with van der Waals surface area (Å²) in [5.74, 6) is 1.23. The molecular formula is C11H10ClN7S. The third-order valence-electron chi connectivity index (χ3n) is 2.48. The first-order chi connectivity index (χ1) is 9.60. The summed E-state index contributed by atoms with van der Waals surface area (Å²) in [6, 6.07) is 5.48. The molecule has 102 valence electrons. The van der Waals surface area contributed by atoms with Crippen molar-refractivity contribution in [3.8, 4) is 0 Å². The Morgan fingerprint density at radius 1 is 1.10 bits per heavy atom.